The summed E-state index contributed by atoms with van der Waals surface area (Å²) in [5.74, 6) is -0.604. The minimum Gasteiger partial charge on any atom is -0.268 e. The zero-order valence-corrected chi connectivity index (χ0v) is 15.5. The lowest BCUT2D eigenvalue weighted by Crippen LogP contribution is -2.27. The maximum Gasteiger partial charge on any atom is 0.416 e. The van der Waals surface area contributed by atoms with Gasteiger partial charge < -0.3 is 0 Å². The summed E-state index contributed by atoms with van der Waals surface area (Å²) in [7, 11) is 0. The summed E-state index contributed by atoms with van der Waals surface area (Å²) in [4.78, 5) is 25.7. The van der Waals surface area contributed by atoms with Gasteiger partial charge in [-0.15, -0.1) is 0 Å². The average molecular weight is 442 g/mol. The van der Waals surface area contributed by atoms with E-state index in [0.717, 1.165) is 27.1 Å². The van der Waals surface area contributed by atoms with E-state index in [1.54, 1.807) is 24.3 Å². The van der Waals surface area contributed by atoms with Gasteiger partial charge in [-0.1, -0.05) is 52.3 Å². The minimum absolute atomic E-state index is 0.0289. The Morgan fingerprint density at radius 2 is 1.69 bits per heavy atom. The van der Waals surface area contributed by atoms with Crippen molar-refractivity contribution in [2.45, 2.75) is 12.7 Å². The van der Waals surface area contributed by atoms with E-state index in [2.05, 4.69) is 15.9 Å². The topological polar surface area (TPSA) is 37.4 Å². The van der Waals surface area contributed by atoms with E-state index in [1.165, 1.54) is 18.2 Å². The third-order valence-electron chi connectivity index (χ3n) is 3.71. The Bertz CT molecular complexity index is 911. The maximum absolute atomic E-state index is 13.1. The molecule has 3 nitrogen and oxygen atoms in total. The van der Waals surface area contributed by atoms with Crippen molar-refractivity contribution in [3.63, 3.8) is 0 Å². The van der Waals surface area contributed by atoms with Crippen LogP contribution >= 0.6 is 27.7 Å². The third kappa shape index (κ3) is 3.86. The Labute approximate surface area is 160 Å². The summed E-state index contributed by atoms with van der Waals surface area (Å²) in [6.45, 7) is 0.0460. The van der Waals surface area contributed by atoms with Gasteiger partial charge in [-0.3, -0.25) is 14.5 Å². The molecule has 2 aromatic carbocycles. The highest BCUT2D eigenvalue weighted by molar-refractivity contribution is 9.10. The van der Waals surface area contributed by atoms with Gasteiger partial charge in [0.05, 0.1) is 17.0 Å². The summed E-state index contributed by atoms with van der Waals surface area (Å²) < 4.78 is 40.0. The number of imide groups is 1. The molecular weight excluding hydrogens is 431 g/mol. The molecule has 0 N–H and O–H groups in total. The molecule has 1 aliphatic heterocycles. The largest absolute Gasteiger partial charge is 0.416 e. The summed E-state index contributed by atoms with van der Waals surface area (Å²) in [6, 6.07) is 12.1. The van der Waals surface area contributed by atoms with Crippen LogP contribution in [0.2, 0.25) is 0 Å². The summed E-state index contributed by atoms with van der Waals surface area (Å²) in [5.41, 5.74) is -0.268. The molecule has 0 unspecified atom stereocenters. The molecule has 0 radical (unpaired) electrons. The summed E-state index contributed by atoms with van der Waals surface area (Å²) in [6.07, 6.45) is -3.42. The van der Waals surface area contributed by atoms with Gasteiger partial charge in [0.1, 0.15) is 0 Å². The summed E-state index contributed by atoms with van der Waals surface area (Å²) >= 11 is 3.98. The number of carbonyl (C=O) groups is 2. The van der Waals surface area contributed by atoms with Crippen LogP contribution in [0, 0.1) is 0 Å². The number of carbonyl (C=O) groups excluding carboxylic acids is 2. The van der Waals surface area contributed by atoms with Gasteiger partial charge in [0.25, 0.3) is 11.1 Å². The van der Waals surface area contributed by atoms with Gasteiger partial charge in [0.2, 0.25) is 0 Å². The molecule has 0 spiro atoms. The predicted molar refractivity (Wildman–Crippen MR) is 97.1 cm³/mol. The molecule has 0 aliphatic carbocycles. The third-order valence-corrected chi connectivity index (χ3v) is 5.39. The minimum atomic E-state index is -4.54. The van der Waals surface area contributed by atoms with Gasteiger partial charge in [0, 0.05) is 4.47 Å². The van der Waals surface area contributed by atoms with Crippen molar-refractivity contribution in [3.8, 4) is 0 Å². The van der Waals surface area contributed by atoms with Crippen molar-refractivity contribution in [1.82, 2.24) is 4.90 Å². The Balaban J connectivity index is 1.90. The first kappa shape index (κ1) is 18.7. The smallest absolute Gasteiger partial charge is 0.268 e. The highest BCUT2D eigenvalue weighted by Crippen LogP contribution is 2.37. The van der Waals surface area contributed by atoms with Crippen LogP contribution in [0.15, 0.2) is 57.9 Å². The molecule has 0 saturated carbocycles. The molecule has 8 heteroatoms. The quantitative estimate of drug-likeness (QED) is 0.572. The van der Waals surface area contributed by atoms with Crippen LogP contribution in [0.1, 0.15) is 16.7 Å². The van der Waals surface area contributed by atoms with Crippen LogP contribution < -0.4 is 0 Å². The van der Waals surface area contributed by atoms with Crippen LogP contribution in [-0.2, 0) is 17.5 Å². The van der Waals surface area contributed by atoms with Crippen LogP contribution in [0.4, 0.5) is 18.0 Å². The molecule has 2 aromatic rings. The summed E-state index contributed by atoms with van der Waals surface area (Å²) in [5, 5.41) is -0.513. The number of amides is 2. The van der Waals surface area contributed by atoms with Crippen LogP contribution in [-0.4, -0.2) is 16.0 Å². The number of thioether (sulfide) groups is 1. The van der Waals surface area contributed by atoms with Crippen LogP contribution in [0.5, 0.6) is 0 Å². The molecule has 1 heterocycles. The van der Waals surface area contributed by atoms with Crippen molar-refractivity contribution >= 4 is 44.9 Å². The van der Waals surface area contributed by atoms with Gasteiger partial charge in [-0.05, 0) is 41.1 Å². The van der Waals surface area contributed by atoms with Crippen LogP contribution in [0.3, 0.4) is 0 Å². The van der Waals surface area contributed by atoms with E-state index in [-0.39, 0.29) is 17.0 Å². The molecule has 0 atom stereocenters. The molecule has 0 aromatic heterocycles. The second-order valence-corrected chi connectivity index (χ2v) is 7.29. The number of rotatable bonds is 3. The predicted octanol–water partition coefficient (Wildman–Crippen LogP) is 5.70. The standard InChI is InChI=1S/C18H11BrF3NO2S/c19-14-8-4-2-6-12(14)10-23-16(24)15(26-17(23)25)9-11-5-1-3-7-13(11)18(20,21)22/h1-9H,10H2/b15-9-. The Hall–Kier alpha value is -2.06. The molecular formula is C18H11BrF3NO2S. The number of halogens is 4. The number of hydrogen-bond acceptors (Lipinski definition) is 3. The second-order valence-electron chi connectivity index (χ2n) is 5.44. The van der Waals surface area contributed by atoms with E-state index in [9.17, 15) is 22.8 Å². The lowest BCUT2D eigenvalue weighted by Gasteiger charge is -2.13. The second kappa shape index (κ2) is 7.28. The highest BCUT2D eigenvalue weighted by atomic mass is 79.9. The number of benzene rings is 2. The molecule has 1 aliphatic rings. The van der Waals surface area contributed by atoms with Crippen molar-refractivity contribution in [2.24, 2.45) is 0 Å². The van der Waals surface area contributed by atoms with Gasteiger partial charge in [0.15, 0.2) is 0 Å². The lowest BCUT2D eigenvalue weighted by molar-refractivity contribution is -0.137. The number of nitrogens with zero attached hydrogens (tertiary/aromatic N) is 1. The molecule has 1 saturated heterocycles. The maximum atomic E-state index is 13.1. The highest BCUT2D eigenvalue weighted by Gasteiger charge is 2.37. The molecule has 134 valence electrons. The molecule has 2 amide bonds. The lowest BCUT2D eigenvalue weighted by atomic mass is 10.1. The molecule has 0 bridgehead atoms. The van der Waals surface area contributed by atoms with Crippen molar-refractivity contribution in [2.75, 3.05) is 0 Å². The van der Waals surface area contributed by atoms with Gasteiger partial charge >= 0.3 is 6.18 Å². The van der Waals surface area contributed by atoms with Gasteiger partial charge in [-0.2, -0.15) is 13.2 Å². The monoisotopic (exact) mass is 441 g/mol. The zero-order valence-electron chi connectivity index (χ0n) is 13.1. The van der Waals surface area contributed by atoms with Crippen LogP contribution in [0.25, 0.3) is 6.08 Å². The fourth-order valence-corrected chi connectivity index (χ4v) is 3.69. The molecule has 1 fully saturated rings. The Morgan fingerprint density at radius 3 is 2.38 bits per heavy atom. The normalized spacial score (nSPS) is 16.6. The van der Waals surface area contributed by atoms with Crippen molar-refractivity contribution in [1.29, 1.82) is 0 Å². The van der Waals surface area contributed by atoms with Gasteiger partial charge in [-0.25, -0.2) is 0 Å². The van der Waals surface area contributed by atoms with Crippen molar-refractivity contribution in [3.05, 3.63) is 74.6 Å². The fourth-order valence-electron chi connectivity index (χ4n) is 2.46. The fraction of sp³-hybridized carbons (Fsp3) is 0.111. The number of alkyl halides is 3. The average Bonchev–Trinajstić information content (AvgIpc) is 2.84. The Morgan fingerprint density at radius 1 is 1.04 bits per heavy atom. The molecule has 26 heavy (non-hydrogen) atoms. The van der Waals surface area contributed by atoms with E-state index >= 15 is 0 Å². The van der Waals surface area contributed by atoms with E-state index in [4.69, 9.17) is 0 Å². The SMILES string of the molecule is O=C1S/C(=C\c2ccccc2C(F)(F)F)C(=O)N1Cc1ccccc1Br. The first-order valence-electron chi connectivity index (χ1n) is 7.42. The zero-order chi connectivity index (χ0) is 18.9. The molecule has 3 rings (SSSR count). The van der Waals surface area contributed by atoms with E-state index in [1.807, 2.05) is 0 Å². The first-order chi connectivity index (χ1) is 12.3. The van der Waals surface area contributed by atoms with E-state index in [0.29, 0.717) is 11.8 Å². The first-order valence-corrected chi connectivity index (χ1v) is 9.03. The Kier molecular flexibility index (Phi) is 5.24. The van der Waals surface area contributed by atoms with E-state index < -0.39 is 22.9 Å². The number of hydrogen-bond donors (Lipinski definition) is 0. The van der Waals surface area contributed by atoms with Crippen molar-refractivity contribution < 1.29 is 22.8 Å².